The number of carbonyl (C=O) groups is 2. The minimum Gasteiger partial charge on any atom is -0.457 e. The van der Waals surface area contributed by atoms with Crippen molar-refractivity contribution < 1.29 is 14.3 Å². The second-order valence-electron chi connectivity index (χ2n) is 9.09. The highest BCUT2D eigenvalue weighted by molar-refractivity contribution is 5.92. The van der Waals surface area contributed by atoms with Gasteiger partial charge >= 0.3 is 6.03 Å². The van der Waals surface area contributed by atoms with Gasteiger partial charge in [0, 0.05) is 37.6 Å². The first-order valence-corrected chi connectivity index (χ1v) is 12.1. The Labute approximate surface area is 212 Å². The predicted molar refractivity (Wildman–Crippen MR) is 143 cm³/mol. The standard InChI is InChI=1S/C28H33N5O3/c1-20-17-22(33-15-13-32(2)14-16-33)11-12-25(20)30-27(34)19-26(31-28(29)35)21-7-6-10-24(18-21)36-23-8-4-3-5-9-23/h3-12,17-18,26H,13-16,19H2,1-2H3,(H,30,34)(H3,29,31,35). The van der Waals surface area contributed by atoms with Gasteiger partial charge in [-0.15, -0.1) is 0 Å². The molecular weight excluding hydrogens is 454 g/mol. The van der Waals surface area contributed by atoms with Crippen molar-refractivity contribution in [1.82, 2.24) is 10.2 Å². The van der Waals surface area contributed by atoms with Crippen LogP contribution in [0.4, 0.5) is 16.2 Å². The van der Waals surface area contributed by atoms with Gasteiger partial charge in [-0.25, -0.2) is 4.79 Å². The van der Waals surface area contributed by atoms with Crippen molar-refractivity contribution in [3.63, 3.8) is 0 Å². The average Bonchev–Trinajstić information content (AvgIpc) is 2.86. The maximum atomic E-state index is 13.0. The highest BCUT2D eigenvalue weighted by Crippen LogP contribution is 2.27. The van der Waals surface area contributed by atoms with Gasteiger partial charge in [0.25, 0.3) is 0 Å². The number of nitrogens with one attached hydrogen (secondary N) is 2. The Morgan fingerprint density at radius 2 is 1.67 bits per heavy atom. The summed E-state index contributed by atoms with van der Waals surface area (Å²) in [5, 5.41) is 5.67. The summed E-state index contributed by atoms with van der Waals surface area (Å²) in [5.41, 5.74) is 9.03. The van der Waals surface area contributed by atoms with Gasteiger partial charge < -0.3 is 30.9 Å². The van der Waals surface area contributed by atoms with Gasteiger partial charge in [0.15, 0.2) is 0 Å². The number of urea groups is 1. The molecule has 3 amide bonds. The van der Waals surface area contributed by atoms with Crippen LogP contribution in [0.5, 0.6) is 11.5 Å². The molecule has 1 heterocycles. The number of primary amides is 1. The lowest BCUT2D eigenvalue weighted by molar-refractivity contribution is -0.116. The molecule has 36 heavy (non-hydrogen) atoms. The summed E-state index contributed by atoms with van der Waals surface area (Å²) in [6, 6.07) is 21.5. The number of aryl methyl sites for hydroxylation is 1. The molecule has 0 radical (unpaired) electrons. The minimum atomic E-state index is -0.699. The molecule has 0 saturated carbocycles. The van der Waals surface area contributed by atoms with Crippen molar-refractivity contribution >= 4 is 23.3 Å². The smallest absolute Gasteiger partial charge is 0.312 e. The van der Waals surface area contributed by atoms with Crippen LogP contribution in [0.15, 0.2) is 72.8 Å². The van der Waals surface area contributed by atoms with Crippen LogP contribution in [-0.2, 0) is 4.79 Å². The molecule has 3 aromatic rings. The summed E-state index contributed by atoms with van der Waals surface area (Å²) < 4.78 is 5.91. The zero-order chi connectivity index (χ0) is 25.5. The van der Waals surface area contributed by atoms with Crippen molar-refractivity contribution in [3.8, 4) is 11.5 Å². The number of ether oxygens (including phenoxy) is 1. The molecule has 1 aliphatic heterocycles. The number of para-hydroxylation sites is 1. The molecule has 8 heteroatoms. The highest BCUT2D eigenvalue weighted by Gasteiger charge is 2.20. The van der Waals surface area contributed by atoms with E-state index >= 15 is 0 Å². The molecule has 1 fully saturated rings. The molecule has 0 aliphatic carbocycles. The van der Waals surface area contributed by atoms with Gasteiger partial charge in [-0.2, -0.15) is 0 Å². The summed E-state index contributed by atoms with van der Waals surface area (Å²) >= 11 is 0. The van der Waals surface area contributed by atoms with Crippen LogP contribution in [0.25, 0.3) is 0 Å². The number of nitrogens with two attached hydrogens (primary N) is 1. The number of likely N-dealkylation sites (N-methyl/N-ethyl adjacent to an activating group) is 1. The molecule has 1 aliphatic rings. The number of carbonyl (C=O) groups excluding carboxylic acids is 2. The molecule has 8 nitrogen and oxygen atoms in total. The van der Waals surface area contributed by atoms with E-state index in [1.165, 1.54) is 0 Å². The van der Waals surface area contributed by atoms with E-state index in [1.54, 1.807) is 6.07 Å². The second kappa shape index (κ2) is 11.6. The summed E-state index contributed by atoms with van der Waals surface area (Å²) in [6.45, 7) is 6.01. The molecule has 0 bridgehead atoms. The van der Waals surface area contributed by atoms with Crippen LogP contribution in [0.1, 0.15) is 23.6 Å². The van der Waals surface area contributed by atoms with Gasteiger partial charge in [0.1, 0.15) is 11.5 Å². The summed E-state index contributed by atoms with van der Waals surface area (Å²) in [6.07, 6.45) is 0.0252. The van der Waals surface area contributed by atoms with Gasteiger partial charge in [-0.1, -0.05) is 30.3 Å². The van der Waals surface area contributed by atoms with Crippen LogP contribution in [-0.4, -0.2) is 50.1 Å². The minimum absolute atomic E-state index is 0.0252. The van der Waals surface area contributed by atoms with Crippen LogP contribution in [0, 0.1) is 6.92 Å². The Morgan fingerprint density at radius 3 is 2.36 bits per heavy atom. The van der Waals surface area contributed by atoms with Crippen molar-refractivity contribution in [3.05, 3.63) is 83.9 Å². The van der Waals surface area contributed by atoms with Crippen molar-refractivity contribution in [1.29, 1.82) is 0 Å². The Bertz CT molecular complexity index is 1190. The van der Waals surface area contributed by atoms with E-state index in [4.69, 9.17) is 10.5 Å². The van der Waals surface area contributed by atoms with E-state index in [0.29, 0.717) is 11.5 Å². The van der Waals surface area contributed by atoms with Crippen molar-refractivity contribution in [2.24, 2.45) is 5.73 Å². The van der Waals surface area contributed by atoms with E-state index in [1.807, 2.05) is 67.6 Å². The molecule has 4 N–H and O–H groups in total. The third-order valence-electron chi connectivity index (χ3n) is 6.30. The van der Waals surface area contributed by atoms with Crippen LogP contribution in [0.3, 0.4) is 0 Å². The molecule has 3 aromatic carbocycles. The van der Waals surface area contributed by atoms with Gasteiger partial charge in [-0.3, -0.25) is 4.79 Å². The van der Waals surface area contributed by atoms with Crippen molar-refractivity contribution in [2.45, 2.75) is 19.4 Å². The van der Waals surface area contributed by atoms with E-state index in [-0.39, 0.29) is 12.3 Å². The third kappa shape index (κ3) is 6.76. The number of nitrogens with zero attached hydrogens (tertiary/aromatic N) is 2. The topological polar surface area (TPSA) is 99.9 Å². The molecular formula is C28H33N5O3. The van der Waals surface area contributed by atoms with Gasteiger partial charge in [-0.05, 0) is 67.6 Å². The number of benzene rings is 3. The van der Waals surface area contributed by atoms with Crippen LogP contribution < -0.4 is 26.0 Å². The number of hydrogen-bond acceptors (Lipinski definition) is 5. The molecule has 1 atom stereocenters. The fraction of sp³-hybridized carbons (Fsp3) is 0.286. The number of amides is 3. The van der Waals surface area contributed by atoms with Gasteiger partial charge in [0.2, 0.25) is 5.91 Å². The van der Waals surface area contributed by atoms with E-state index in [9.17, 15) is 9.59 Å². The molecule has 0 aromatic heterocycles. The Balaban J connectivity index is 1.43. The zero-order valence-corrected chi connectivity index (χ0v) is 20.7. The van der Waals surface area contributed by atoms with E-state index < -0.39 is 12.1 Å². The summed E-state index contributed by atoms with van der Waals surface area (Å²) in [4.78, 5) is 29.4. The van der Waals surface area contributed by atoms with Crippen LogP contribution in [0.2, 0.25) is 0 Å². The quantitative estimate of drug-likeness (QED) is 0.441. The van der Waals surface area contributed by atoms with Crippen molar-refractivity contribution in [2.75, 3.05) is 43.4 Å². The first-order valence-electron chi connectivity index (χ1n) is 12.1. The lowest BCUT2D eigenvalue weighted by Gasteiger charge is -2.34. The SMILES string of the molecule is Cc1cc(N2CCN(C)CC2)ccc1NC(=O)CC(NC(N)=O)c1cccc(Oc2ccccc2)c1. The number of hydrogen-bond donors (Lipinski definition) is 3. The first kappa shape index (κ1) is 25.1. The van der Waals surface area contributed by atoms with E-state index in [2.05, 4.69) is 33.5 Å². The fourth-order valence-corrected chi connectivity index (χ4v) is 4.28. The predicted octanol–water partition coefficient (Wildman–Crippen LogP) is 4.28. The maximum Gasteiger partial charge on any atom is 0.312 e. The lowest BCUT2D eigenvalue weighted by Crippen LogP contribution is -2.44. The lowest BCUT2D eigenvalue weighted by atomic mass is 10.0. The normalized spacial score (nSPS) is 14.7. The largest absolute Gasteiger partial charge is 0.457 e. The molecule has 1 unspecified atom stereocenters. The molecule has 1 saturated heterocycles. The summed E-state index contributed by atoms with van der Waals surface area (Å²) in [7, 11) is 2.13. The van der Waals surface area contributed by atoms with E-state index in [0.717, 1.165) is 48.7 Å². The first-order chi connectivity index (χ1) is 17.4. The Morgan fingerprint density at radius 1 is 0.944 bits per heavy atom. The average molecular weight is 488 g/mol. The maximum absolute atomic E-state index is 13.0. The fourth-order valence-electron chi connectivity index (χ4n) is 4.28. The van der Waals surface area contributed by atoms with Crippen LogP contribution >= 0.6 is 0 Å². The highest BCUT2D eigenvalue weighted by atomic mass is 16.5. The Hall–Kier alpha value is -4.04. The number of anilines is 2. The monoisotopic (exact) mass is 487 g/mol. The number of piperazine rings is 1. The molecule has 188 valence electrons. The molecule has 4 rings (SSSR count). The molecule has 0 spiro atoms. The Kier molecular flexibility index (Phi) is 8.07. The zero-order valence-electron chi connectivity index (χ0n) is 20.7. The number of rotatable bonds is 8. The third-order valence-corrected chi connectivity index (χ3v) is 6.30. The summed E-state index contributed by atoms with van der Waals surface area (Å²) in [5.74, 6) is 1.08. The second-order valence-corrected chi connectivity index (χ2v) is 9.09. The van der Waals surface area contributed by atoms with Gasteiger partial charge in [0.05, 0.1) is 12.5 Å².